The number of aryl methyl sites for hydroxylation is 1. The summed E-state index contributed by atoms with van der Waals surface area (Å²) < 4.78 is 12.0. The maximum atomic E-state index is 12.7. The molecule has 8 nitrogen and oxygen atoms in total. The number of aromatic hydroxyl groups is 1. The second kappa shape index (κ2) is 9.15. The van der Waals surface area contributed by atoms with Gasteiger partial charge in [0.2, 0.25) is 5.88 Å². The highest BCUT2D eigenvalue weighted by Gasteiger charge is 2.19. The standard InChI is InChI=1S/C26H26N4O4/c1-3-29-9-11-30(12-10-29)24-16-25(28-17(2)27-24)33-19-13-20(31)26-21(32)15-22(34-23(26)14-19)18-7-5-4-6-8-18/h4-8,13-16,31H,3,9-12H2,1-2H3. The smallest absolute Gasteiger partial charge is 0.224 e. The molecule has 174 valence electrons. The van der Waals surface area contributed by atoms with Crippen molar-refractivity contribution in [1.82, 2.24) is 14.9 Å². The van der Waals surface area contributed by atoms with Crippen molar-refractivity contribution < 1.29 is 14.3 Å². The van der Waals surface area contributed by atoms with Crippen LogP contribution in [0.1, 0.15) is 12.7 Å². The van der Waals surface area contributed by atoms with Crippen LogP contribution in [0.15, 0.2) is 63.8 Å². The first-order valence-electron chi connectivity index (χ1n) is 11.4. The molecule has 5 rings (SSSR count). The van der Waals surface area contributed by atoms with Gasteiger partial charge in [0.15, 0.2) is 5.43 Å². The molecule has 0 aliphatic carbocycles. The summed E-state index contributed by atoms with van der Waals surface area (Å²) in [7, 11) is 0. The third kappa shape index (κ3) is 4.45. The first-order chi connectivity index (χ1) is 16.5. The van der Waals surface area contributed by atoms with E-state index in [4.69, 9.17) is 9.15 Å². The molecule has 1 aliphatic heterocycles. The fourth-order valence-electron chi connectivity index (χ4n) is 4.20. The minimum atomic E-state index is -0.324. The molecular formula is C26H26N4O4. The van der Waals surface area contributed by atoms with Gasteiger partial charge in [-0.3, -0.25) is 4.79 Å². The zero-order valence-corrected chi connectivity index (χ0v) is 19.2. The van der Waals surface area contributed by atoms with Gasteiger partial charge >= 0.3 is 0 Å². The van der Waals surface area contributed by atoms with Crippen LogP contribution in [0.4, 0.5) is 5.82 Å². The largest absolute Gasteiger partial charge is 0.507 e. The van der Waals surface area contributed by atoms with Crippen molar-refractivity contribution in [2.75, 3.05) is 37.6 Å². The van der Waals surface area contributed by atoms with Gasteiger partial charge < -0.3 is 24.1 Å². The number of phenolic OH excluding ortho intramolecular Hbond substituents is 1. The van der Waals surface area contributed by atoms with E-state index >= 15 is 0 Å². The Morgan fingerprint density at radius 3 is 2.53 bits per heavy atom. The van der Waals surface area contributed by atoms with E-state index in [1.54, 1.807) is 12.1 Å². The van der Waals surface area contributed by atoms with E-state index in [0.717, 1.165) is 44.1 Å². The van der Waals surface area contributed by atoms with Crippen LogP contribution in [0.2, 0.25) is 0 Å². The Hall–Kier alpha value is -3.91. The lowest BCUT2D eigenvalue weighted by molar-refractivity contribution is 0.270. The Bertz CT molecular complexity index is 1380. The van der Waals surface area contributed by atoms with Gasteiger partial charge in [0.05, 0.1) is 0 Å². The number of aromatic nitrogens is 2. The summed E-state index contributed by atoms with van der Waals surface area (Å²) in [6.45, 7) is 8.76. The van der Waals surface area contributed by atoms with Gasteiger partial charge in [-0.2, -0.15) is 4.98 Å². The predicted octanol–water partition coefficient (Wildman–Crippen LogP) is 4.20. The highest BCUT2D eigenvalue weighted by Crippen LogP contribution is 2.33. The van der Waals surface area contributed by atoms with Crippen molar-refractivity contribution in [3.8, 4) is 28.7 Å². The van der Waals surface area contributed by atoms with Crippen LogP contribution in [0, 0.1) is 6.92 Å². The number of ether oxygens (including phenoxy) is 1. The zero-order chi connectivity index (χ0) is 23.7. The molecule has 0 spiro atoms. The molecule has 0 radical (unpaired) electrons. The van der Waals surface area contributed by atoms with Crippen LogP contribution >= 0.6 is 0 Å². The molecule has 0 atom stereocenters. The lowest BCUT2D eigenvalue weighted by Crippen LogP contribution is -2.46. The number of piperazine rings is 1. The number of rotatable bonds is 5. The molecule has 4 aromatic rings. The Balaban J connectivity index is 1.47. The molecule has 8 heteroatoms. The van der Waals surface area contributed by atoms with Gasteiger partial charge in [-0.15, -0.1) is 0 Å². The minimum absolute atomic E-state index is 0.111. The highest BCUT2D eigenvalue weighted by atomic mass is 16.5. The lowest BCUT2D eigenvalue weighted by atomic mass is 10.1. The summed E-state index contributed by atoms with van der Waals surface area (Å²) in [6, 6.07) is 15.5. The first kappa shape index (κ1) is 21.9. The molecule has 2 aromatic carbocycles. The fraction of sp³-hybridized carbons (Fsp3) is 0.269. The Morgan fingerprint density at radius 1 is 1.03 bits per heavy atom. The Kier molecular flexibility index (Phi) is 5.90. The normalized spacial score (nSPS) is 14.5. The molecule has 0 unspecified atom stereocenters. The Morgan fingerprint density at radius 2 is 1.79 bits per heavy atom. The summed E-state index contributed by atoms with van der Waals surface area (Å²) >= 11 is 0. The second-order valence-corrected chi connectivity index (χ2v) is 8.29. The fourth-order valence-corrected chi connectivity index (χ4v) is 4.20. The molecule has 1 saturated heterocycles. The predicted molar refractivity (Wildman–Crippen MR) is 131 cm³/mol. The number of nitrogens with zero attached hydrogens (tertiary/aromatic N) is 4. The average molecular weight is 459 g/mol. The number of phenols is 1. The average Bonchev–Trinajstić information content (AvgIpc) is 2.84. The molecule has 0 amide bonds. The molecule has 0 saturated carbocycles. The molecule has 1 N–H and O–H groups in total. The van der Waals surface area contributed by atoms with Gasteiger partial charge in [0.25, 0.3) is 0 Å². The van der Waals surface area contributed by atoms with E-state index in [1.165, 1.54) is 12.1 Å². The SMILES string of the molecule is CCN1CCN(c2cc(Oc3cc(O)c4c(=O)cc(-c5ccccc5)oc4c3)nc(C)n2)CC1. The van der Waals surface area contributed by atoms with Crippen molar-refractivity contribution in [3.05, 3.63) is 70.6 Å². The topological polar surface area (TPSA) is 91.9 Å². The summed E-state index contributed by atoms with van der Waals surface area (Å²) in [5.74, 6) is 2.29. The molecule has 1 aliphatic rings. The summed E-state index contributed by atoms with van der Waals surface area (Å²) in [5.41, 5.74) is 0.685. The maximum Gasteiger partial charge on any atom is 0.224 e. The van der Waals surface area contributed by atoms with Crippen LogP contribution in [0.25, 0.3) is 22.3 Å². The maximum absolute atomic E-state index is 12.7. The number of likely N-dealkylation sites (N-methyl/N-ethyl adjacent to an activating group) is 1. The Labute approximate surface area is 197 Å². The summed E-state index contributed by atoms with van der Waals surface area (Å²) in [5, 5.41) is 10.7. The molecule has 34 heavy (non-hydrogen) atoms. The number of hydrogen-bond donors (Lipinski definition) is 1. The number of benzene rings is 2. The van der Waals surface area contributed by atoms with E-state index in [2.05, 4.69) is 26.7 Å². The third-order valence-electron chi connectivity index (χ3n) is 6.01. The quantitative estimate of drug-likeness (QED) is 0.476. The van der Waals surface area contributed by atoms with E-state index in [-0.39, 0.29) is 22.1 Å². The van der Waals surface area contributed by atoms with Crippen LogP contribution in [-0.4, -0.2) is 52.7 Å². The first-order valence-corrected chi connectivity index (χ1v) is 11.4. The van der Waals surface area contributed by atoms with Crippen LogP contribution in [0.5, 0.6) is 17.4 Å². The van der Waals surface area contributed by atoms with Gasteiger partial charge in [-0.05, 0) is 13.5 Å². The molecule has 3 heterocycles. The van der Waals surface area contributed by atoms with Crippen molar-refractivity contribution in [3.63, 3.8) is 0 Å². The highest BCUT2D eigenvalue weighted by molar-refractivity contribution is 5.86. The molecule has 0 bridgehead atoms. The number of anilines is 1. The van der Waals surface area contributed by atoms with Gasteiger partial charge in [-0.25, -0.2) is 4.98 Å². The molecular weight excluding hydrogens is 432 g/mol. The van der Waals surface area contributed by atoms with Crippen molar-refractivity contribution >= 4 is 16.8 Å². The van der Waals surface area contributed by atoms with E-state index in [0.29, 0.717) is 23.2 Å². The lowest BCUT2D eigenvalue weighted by Gasteiger charge is -2.34. The van der Waals surface area contributed by atoms with Crippen LogP contribution < -0.4 is 15.1 Å². The van der Waals surface area contributed by atoms with Crippen molar-refractivity contribution in [2.24, 2.45) is 0 Å². The van der Waals surface area contributed by atoms with Crippen molar-refractivity contribution in [1.29, 1.82) is 0 Å². The van der Waals surface area contributed by atoms with E-state index in [9.17, 15) is 9.90 Å². The van der Waals surface area contributed by atoms with E-state index < -0.39 is 0 Å². The van der Waals surface area contributed by atoms with Crippen LogP contribution in [0.3, 0.4) is 0 Å². The second-order valence-electron chi connectivity index (χ2n) is 8.29. The number of fused-ring (bicyclic) bond motifs is 1. The van der Waals surface area contributed by atoms with Gasteiger partial charge in [-0.1, -0.05) is 37.3 Å². The zero-order valence-electron chi connectivity index (χ0n) is 19.2. The molecule has 2 aromatic heterocycles. The van der Waals surface area contributed by atoms with Crippen LogP contribution in [-0.2, 0) is 0 Å². The number of hydrogen-bond acceptors (Lipinski definition) is 8. The van der Waals surface area contributed by atoms with Gasteiger partial charge in [0, 0.05) is 56.0 Å². The van der Waals surface area contributed by atoms with Gasteiger partial charge in [0.1, 0.15) is 39.9 Å². The van der Waals surface area contributed by atoms with E-state index in [1.807, 2.05) is 37.3 Å². The third-order valence-corrected chi connectivity index (χ3v) is 6.01. The monoisotopic (exact) mass is 458 g/mol. The molecule has 1 fully saturated rings. The minimum Gasteiger partial charge on any atom is -0.507 e. The van der Waals surface area contributed by atoms with Crippen molar-refractivity contribution in [2.45, 2.75) is 13.8 Å². The summed E-state index contributed by atoms with van der Waals surface area (Å²) in [6.07, 6.45) is 0. The summed E-state index contributed by atoms with van der Waals surface area (Å²) in [4.78, 5) is 26.3.